The van der Waals surface area contributed by atoms with Gasteiger partial charge in [-0.15, -0.1) is 0 Å². The molecule has 0 unspecified atom stereocenters. The first-order chi connectivity index (χ1) is 14.8. The van der Waals surface area contributed by atoms with Crippen LogP contribution < -0.4 is 0 Å². The van der Waals surface area contributed by atoms with E-state index in [-0.39, 0.29) is 74.3 Å². The van der Waals surface area contributed by atoms with Gasteiger partial charge in [-0.3, -0.25) is 0 Å². The van der Waals surface area contributed by atoms with Crippen LogP contribution in [0.15, 0.2) is 0 Å². The predicted molar refractivity (Wildman–Crippen MR) is 238 cm³/mol. The highest BCUT2D eigenvalue weighted by molar-refractivity contribution is 6.90. The highest BCUT2D eigenvalue weighted by Gasteiger charge is 2.44. The number of hydrogen-bond donors (Lipinski definition) is 0. The van der Waals surface area contributed by atoms with Crippen molar-refractivity contribution in [2.45, 2.75) is 199 Å². The van der Waals surface area contributed by atoms with Crippen molar-refractivity contribution >= 4 is 67.8 Å². The summed E-state index contributed by atoms with van der Waals surface area (Å²) in [5.41, 5.74) is 0. The highest BCUT2D eigenvalue weighted by atomic mass is 28.5. The third-order valence-corrected chi connectivity index (χ3v) is 29.7. The molecule has 0 amide bonds. The van der Waals surface area contributed by atoms with Crippen molar-refractivity contribution in [2.75, 3.05) is 7.11 Å². The zero-order valence-electron chi connectivity index (χ0n) is 26.9. The van der Waals surface area contributed by atoms with Crippen LogP contribution in [0.4, 0.5) is 0 Å². The summed E-state index contributed by atoms with van der Waals surface area (Å²) in [6.07, 6.45) is 0. The van der Waals surface area contributed by atoms with Gasteiger partial charge in [0.15, 0.2) is 25.0 Å². The molecule has 0 aromatic carbocycles. The molecule has 0 saturated heterocycles. The summed E-state index contributed by atoms with van der Waals surface area (Å²) in [5.74, 6) is 0. The molecule has 0 heterocycles. The lowest BCUT2D eigenvalue weighted by atomic mass is 11.8. The minimum atomic E-state index is -2.26. The minimum Gasteiger partial charge on any atom is -0.437 e. The van der Waals surface area contributed by atoms with E-state index in [2.05, 4.69) is 124 Å². The average Bonchev–Trinajstić information content (AvgIpc) is 2.34. The molecule has 0 spiro atoms. The van der Waals surface area contributed by atoms with Gasteiger partial charge in [-0.1, -0.05) is 74.3 Å². The SMILES string of the molecule is C.C.C.C.C.C.C.C.C.C.CO[Si](C)(C)O[Si](C)(C)O[Si](C)(C)C.C[Si](C)(C)O[Si](C)(C)O[Si](C)(C)O[Si](C)(C)O[Si](C)(C)C. The Morgan fingerprint density at radius 3 is 0.489 bits per heavy atom. The van der Waals surface area contributed by atoms with Crippen LogP contribution in [0.25, 0.3) is 0 Å². The molecule has 0 atom stereocenters. The molecular formula is C30H100O7Si8. The van der Waals surface area contributed by atoms with Gasteiger partial charge in [0.25, 0.3) is 0 Å². The highest BCUT2D eigenvalue weighted by Crippen LogP contribution is 2.26. The maximum absolute atomic E-state index is 6.39. The van der Waals surface area contributed by atoms with E-state index in [1.165, 1.54) is 0 Å². The van der Waals surface area contributed by atoms with Crippen LogP contribution in [0.5, 0.6) is 0 Å². The zero-order chi connectivity index (χ0) is 28.9. The van der Waals surface area contributed by atoms with Crippen molar-refractivity contribution in [1.82, 2.24) is 0 Å². The standard InChI is InChI=1S/C12H36O4Si5.C8H24O3Si3.10CH4/c1-17(2,3)13-19(7,8)15-21(11,12)16-20(9,10)14-18(4,5)6;1-9-13(5,6)11-14(7,8)10-12(2,3)4;;;;;;;;;;/h1-12H3;1-8H3;10*1H4. The van der Waals surface area contributed by atoms with Gasteiger partial charge in [0.05, 0.1) is 0 Å². The zero-order valence-corrected chi connectivity index (χ0v) is 34.9. The Morgan fingerprint density at radius 1 is 0.222 bits per heavy atom. The third kappa shape index (κ3) is 52.4. The van der Waals surface area contributed by atoms with Gasteiger partial charge < -0.3 is 29.1 Å². The monoisotopic (exact) mass is 797 g/mol. The second-order valence-corrected chi connectivity index (χ2v) is 46.1. The molecule has 0 aliphatic carbocycles. The van der Waals surface area contributed by atoms with E-state index in [0.29, 0.717) is 0 Å². The Morgan fingerprint density at radius 2 is 0.356 bits per heavy atom. The first-order valence-electron chi connectivity index (χ1n) is 12.6. The maximum atomic E-state index is 6.39. The summed E-state index contributed by atoms with van der Waals surface area (Å²) in [7, 11) is -13.5. The van der Waals surface area contributed by atoms with Crippen molar-refractivity contribution < 1.29 is 29.1 Å². The number of rotatable bonds is 13. The van der Waals surface area contributed by atoms with Gasteiger partial charge in [0, 0.05) is 7.11 Å². The van der Waals surface area contributed by atoms with Gasteiger partial charge in [-0.05, 0) is 124 Å². The summed E-state index contributed by atoms with van der Waals surface area (Å²) >= 11 is 0. The normalized spacial score (nSPS) is 11.7. The summed E-state index contributed by atoms with van der Waals surface area (Å²) in [4.78, 5) is 0. The van der Waals surface area contributed by atoms with E-state index in [1.807, 2.05) is 0 Å². The molecule has 0 N–H and O–H groups in total. The first-order valence-corrected chi connectivity index (χ1v) is 36.9. The van der Waals surface area contributed by atoms with E-state index in [9.17, 15) is 0 Å². The summed E-state index contributed by atoms with van der Waals surface area (Å²) < 4.78 is 42.8. The molecule has 0 fully saturated rings. The Labute approximate surface area is 301 Å². The van der Waals surface area contributed by atoms with Gasteiger partial charge in [0.2, 0.25) is 0 Å². The molecule has 0 bridgehead atoms. The van der Waals surface area contributed by atoms with Gasteiger partial charge >= 0.3 is 42.8 Å². The van der Waals surface area contributed by atoms with Crippen LogP contribution in [0, 0.1) is 0 Å². The van der Waals surface area contributed by atoms with Crippen LogP contribution in [0.3, 0.4) is 0 Å². The molecule has 7 nitrogen and oxygen atoms in total. The van der Waals surface area contributed by atoms with Gasteiger partial charge in [-0.2, -0.15) is 0 Å². The summed E-state index contributed by atoms with van der Waals surface area (Å²) in [6, 6.07) is 0. The van der Waals surface area contributed by atoms with E-state index < -0.39 is 67.8 Å². The van der Waals surface area contributed by atoms with E-state index in [1.54, 1.807) is 7.11 Å². The van der Waals surface area contributed by atoms with Crippen molar-refractivity contribution in [3.63, 3.8) is 0 Å². The smallest absolute Gasteiger partial charge is 0.322 e. The summed E-state index contributed by atoms with van der Waals surface area (Å²) in [5, 5.41) is 0. The first kappa shape index (κ1) is 80.9. The molecule has 0 aliphatic heterocycles. The fourth-order valence-electron chi connectivity index (χ4n) is 4.11. The summed E-state index contributed by atoms with van der Waals surface area (Å²) in [6.45, 7) is 40.8. The second-order valence-electron chi connectivity index (χ2n) is 14.2. The van der Waals surface area contributed by atoms with Crippen molar-refractivity contribution in [3.05, 3.63) is 0 Å². The van der Waals surface area contributed by atoms with Crippen LogP contribution in [-0.4, -0.2) is 74.9 Å². The number of hydrogen-bond acceptors (Lipinski definition) is 7. The Kier molecular flexibility index (Phi) is 50.6. The lowest BCUT2D eigenvalue weighted by Gasteiger charge is -2.41. The van der Waals surface area contributed by atoms with E-state index >= 15 is 0 Å². The molecule has 0 aromatic heterocycles. The van der Waals surface area contributed by atoms with Crippen molar-refractivity contribution in [1.29, 1.82) is 0 Å². The molecule has 0 aromatic rings. The van der Waals surface area contributed by atoms with Crippen LogP contribution >= 0.6 is 0 Å². The largest absolute Gasteiger partial charge is 0.437 e. The second kappa shape index (κ2) is 28.2. The van der Waals surface area contributed by atoms with E-state index in [0.717, 1.165) is 0 Å². The molecule has 294 valence electrons. The topological polar surface area (TPSA) is 64.6 Å². The fourth-order valence-corrected chi connectivity index (χ4v) is 38.5. The Bertz CT molecular complexity index is 612. The van der Waals surface area contributed by atoms with Crippen LogP contribution in [-0.2, 0) is 29.1 Å². The minimum absolute atomic E-state index is 0. The maximum Gasteiger partial charge on any atom is 0.322 e. The van der Waals surface area contributed by atoms with Crippen molar-refractivity contribution in [3.8, 4) is 0 Å². The quantitative estimate of drug-likeness (QED) is 0.172. The van der Waals surface area contributed by atoms with Crippen LogP contribution in [0.2, 0.25) is 124 Å². The van der Waals surface area contributed by atoms with Gasteiger partial charge in [0.1, 0.15) is 0 Å². The molecule has 45 heavy (non-hydrogen) atoms. The lowest BCUT2D eigenvalue weighted by Crippen LogP contribution is -2.58. The molecule has 0 rings (SSSR count). The van der Waals surface area contributed by atoms with Crippen LogP contribution in [0.1, 0.15) is 74.3 Å². The molecule has 0 saturated carbocycles. The molecule has 0 aliphatic rings. The molecule has 15 heteroatoms. The lowest BCUT2D eigenvalue weighted by molar-refractivity contribution is 0.280. The molecule has 0 radical (unpaired) electrons. The van der Waals surface area contributed by atoms with Crippen molar-refractivity contribution in [2.24, 2.45) is 0 Å². The van der Waals surface area contributed by atoms with E-state index in [4.69, 9.17) is 29.1 Å². The Hall–Kier alpha value is 1.46. The molecular weight excluding hydrogens is 697 g/mol. The fraction of sp³-hybridized carbons (Fsp3) is 1.00. The van der Waals surface area contributed by atoms with Gasteiger partial charge in [-0.25, -0.2) is 0 Å². The predicted octanol–water partition coefficient (Wildman–Crippen LogP) is 14.1. The third-order valence-electron chi connectivity index (χ3n) is 3.62. The average molecular weight is 798 g/mol. The Balaban J connectivity index is -0.0000000413.